The first-order valence-electron chi connectivity index (χ1n) is 5.81. The fourth-order valence-electron chi connectivity index (χ4n) is 1.94. The van der Waals surface area contributed by atoms with E-state index in [-0.39, 0.29) is 0 Å². The standard InChI is InChI=1S/C14H17N2O2.W/c1-8(2)6-10-9(3)13(14(15)17)12(18-5)7-11(10)16-4;/h4,7-8H,1-3,5H3,(H2,15,17);/q-1;. The van der Waals surface area contributed by atoms with Crippen molar-refractivity contribution < 1.29 is 28.9 Å². The van der Waals surface area contributed by atoms with Gasteiger partial charge < -0.3 is 0 Å². The number of hydrogen-bond acceptors (Lipinski definition) is 3. The monoisotopic (exact) mass is 429 g/mol. The van der Waals surface area contributed by atoms with Crippen LogP contribution in [-0.2, 0) is 19.4 Å². The first-order chi connectivity index (χ1) is 8.84. The van der Waals surface area contributed by atoms with Crippen LogP contribution in [0.3, 0.4) is 0 Å². The summed E-state index contributed by atoms with van der Waals surface area (Å²) in [4.78, 5) is 15.4. The van der Waals surface area contributed by atoms with E-state index in [1.165, 1.54) is 30.4 Å². The van der Waals surface area contributed by atoms with Crippen molar-refractivity contribution in [2.24, 2.45) is 16.6 Å². The first kappa shape index (κ1) is 15.8. The van der Waals surface area contributed by atoms with Crippen molar-refractivity contribution in [3.8, 4) is 5.75 Å². The van der Waals surface area contributed by atoms with Crippen LogP contribution in [0, 0.1) is 12.8 Å². The molecule has 4 nitrogen and oxygen atoms in total. The van der Waals surface area contributed by atoms with E-state index in [9.17, 15) is 4.79 Å². The van der Waals surface area contributed by atoms with Crippen molar-refractivity contribution in [2.75, 3.05) is 7.11 Å². The van der Waals surface area contributed by atoms with Gasteiger partial charge in [0.05, 0.1) is 0 Å². The number of primary amides is 1. The number of amides is 1. The van der Waals surface area contributed by atoms with Crippen LogP contribution in [0.25, 0.3) is 0 Å². The minimum absolute atomic E-state index is 0.350. The topological polar surface area (TPSA) is 64.7 Å². The second-order valence-electron chi connectivity index (χ2n) is 4.49. The van der Waals surface area contributed by atoms with Crippen molar-refractivity contribution in [2.45, 2.75) is 20.8 Å². The predicted octanol–water partition coefficient (Wildman–Crippen LogP) is 2.03. The number of nitrogens with zero attached hydrogens (tertiary/aromatic N) is 1. The van der Waals surface area contributed by atoms with E-state index in [0.29, 0.717) is 22.9 Å². The van der Waals surface area contributed by atoms with Crippen molar-refractivity contribution >= 4 is 22.2 Å². The van der Waals surface area contributed by atoms with E-state index < -0.39 is 5.91 Å². The molecule has 0 saturated carbocycles. The summed E-state index contributed by atoms with van der Waals surface area (Å²) in [5.41, 5.74) is 8.14. The zero-order valence-electron chi connectivity index (χ0n) is 11.5. The number of rotatable bonds is 5. The summed E-state index contributed by atoms with van der Waals surface area (Å²) in [6, 6.07) is 1.66. The van der Waals surface area contributed by atoms with Crippen LogP contribution in [0.5, 0.6) is 5.75 Å². The molecule has 0 aromatic heterocycles. The molecule has 0 radical (unpaired) electrons. The Hall–Kier alpha value is -1.28. The Labute approximate surface area is 124 Å². The van der Waals surface area contributed by atoms with E-state index >= 15 is 0 Å². The molecule has 102 valence electrons. The quantitative estimate of drug-likeness (QED) is 0.576. The summed E-state index contributed by atoms with van der Waals surface area (Å²) in [5, 5.41) is 0. The average Bonchev–Trinajstić information content (AvgIpc) is 2.35. The summed E-state index contributed by atoms with van der Waals surface area (Å²) in [5.74, 6) is 0.249. The van der Waals surface area contributed by atoms with Crippen LogP contribution >= 0.6 is 0 Å². The molecule has 0 aliphatic carbocycles. The van der Waals surface area contributed by atoms with E-state index in [1.807, 2.05) is 6.92 Å². The van der Waals surface area contributed by atoms with Gasteiger partial charge in [-0.25, -0.2) is 0 Å². The van der Waals surface area contributed by atoms with Gasteiger partial charge in [-0.05, 0) is 0 Å². The van der Waals surface area contributed by atoms with Gasteiger partial charge in [-0.2, -0.15) is 0 Å². The summed E-state index contributed by atoms with van der Waals surface area (Å²) in [6.45, 7) is 11.5. The summed E-state index contributed by atoms with van der Waals surface area (Å²) in [6.07, 6.45) is 0. The van der Waals surface area contributed by atoms with Crippen LogP contribution < -0.4 is 10.5 Å². The third-order valence-corrected chi connectivity index (χ3v) is 5.32. The maximum absolute atomic E-state index is 11.6. The van der Waals surface area contributed by atoms with Gasteiger partial charge in [0.1, 0.15) is 0 Å². The van der Waals surface area contributed by atoms with Crippen LogP contribution in [0.15, 0.2) is 11.1 Å². The SMILES string of the molecule is [CH-]=Nc1cc(OC)c(C(N)=O)c(C)c1[C](=[W])C(C)C. The Balaban J connectivity index is 3.71. The molecule has 0 aliphatic rings. The van der Waals surface area contributed by atoms with Crippen molar-refractivity contribution in [1.29, 1.82) is 0 Å². The van der Waals surface area contributed by atoms with Gasteiger partial charge in [0.2, 0.25) is 0 Å². The predicted molar refractivity (Wildman–Crippen MR) is 73.3 cm³/mol. The van der Waals surface area contributed by atoms with Gasteiger partial charge in [0.15, 0.2) is 0 Å². The van der Waals surface area contributed by atoms with Gasteiger partial charge >= 0.3 is 124 Å². The Morgan fingerprint density at radius 2 is 2.05 bits per heavy atom. The molecule has 0 aliphatic heterocycles. The number of aliphatic imine (C=N–C) groups is 1. The molecule has 0 bridgehead atoms. The summed E-state index contributed by atoms with van der Waals surface area (Å²) >= 11 is 1.32. The van der Waals surface area contributed by atoms with E-state index in [0.717, 1.165) is 11.1 Å². The maximum atomic E-state index is 11.6. The number of ether oxygens (including phenoxy) is 1. The number of benzene rings is 1. The normalized spacial score (nSPS) is 10.4. The van der Waals surface area contributed by atoms with Crippen LogP contribution in [0.4, 0.5) is 5.69 Å². The summed E-state index contributed by atoms with van der Waals surface area (Å²) in [7, 11) is 1.49. The summed E-state index contributed by atoms with van der Waals surface area (Å²) < 4.78 is 6.39. The third kappa shape index (κ3) is 3.00. The fraction of sp³-hybridized carbons (Fsp3) is 0.357. The molecule has 1 rings (SSSR count). The zero-order chi connectivity index (χ0) is 14.7. The molecule has 0 saturated heterocycles. The van der Waals surface area contributed by atoms with Crippen LogP contribution in [0.2, 0.25) is 0 Å². The minimum atomic E-state index is -0.509. The van der Waals surface area contributed by atoms with Crippen molar-refractivity contribution in [1.82, 2.24) is 0 Å². The van der Waals surface area contributed by atoms with E-state index in [2.05, 4.69) is 18.8 Å². The van der Waals surface area contributed by atoms with Crippen molar-refractivity contribution in [3.05, 3.63) is 22.8 Å². The molecule has 0 atom stereocenters. The molecule has 1 aromatic carbocycles. The van der Waals surface area contributed by atoms with Gasteiger partial charge in [0, 0.05) is 0 Å². The first-order valence-corrected chi connectivity index (χ1v) is 7.28. The number of carbonyl (C=O) groups is 1. The van der Waals surface area contributed by atoms with E-state index in [4.69, 9.17) is 17.2 Å². The Morgan fingerprint density at radius 3 is 2.42 bits per heavy atom. The van der Waals surface area contributed by atoms with Crippen LogP contribution in [0.1, 0.15) is 35.3 Å². The van der Waals surface area contributed by atoms with Gasteiger partial charge in [-0.3, -0.25) is 0 Å². The Kier molecular flexibility index (Phi) is 5.18. The van der Waals surface area contributed by atoms with Crippen LogP contribution in [-0.4, -0.2) is 23.6 Å². The molecule has 1 aromatic rings. The fourth-order valence-corrected chi connectivity index (χ4v) is 2.86. The number of methoxy groups -OCH3 is 1. The number of carbonyl (C=O) groups excluding carboxylic acids is 1. The second kappa shape index (κ2) is 6.24. The molecule has 2 N–H and O–H groups in total. The number of hydrogen-bond donors (Lipinski definition) is 1. The molecule has 0 heterocycles. The Bertz CT molecular complexity index is 551. The number of nitrogens with two attached hydrogens (primary N) is 1. The van der Waals surface area contributed by atoms with Gasteiger partial charge in [-0.15, -0.1) is 0 Å². The zero-order valence-corrected chi connectivity index (χ0v) is 14.4. The second-order valence-corrected chi connectivity index (χ2v) is 6.07. The molecular formula is C14H17N2O2W-. The van der Waals surface area contributed by atoms with Gasteiger partial charge in [-0.1, -0.05) is 0 Å². The van der Waals surface area contributed by atoms with Crippen molar-refractivity contribution in [3.63, 3.8) is 0 Å². The molecule has 0 spiro atoms. The Morgan fingerprint density at radius 1 is 1.47 bits per heavy atom. The third-order valence-electron chi connectivity index (χ3n) is 2.90. The molecule has 1 amide bonds. The molecule has 5 heteroatoms. The molecule has 0 fully saturated rings. The molecule has 0 unspecified atom stereocenters. The molecule has 19 heavy (non-hydrogen) atoms. The average molecular weight is 429 g/mol. The molecular weight excluding hydrogens is 412 g/mol. The van der Waals surface area contributed by atoms with E-state index in [1.54, 1.807) is 6.07 Å². The van der Waals surface area contributed by atoms with Gasteiger partial charge in [0.25, 0.3) is 0 Å².